The van der Waals surface area contributed by atoms with Gasteiger partial charge in [0.15, 0.2) is 0 Å². The standard InChI is InChI=1S/C24H14ClF2N3O3.H2S/c25-20-6-5-17(10-14(20)12-28)29-22(31)21(9-13-7-15(26)11-16(27)8-13)30-23(32)18-3-1-2-4-19(18)24(30)33;/h1-8,10-11,21H,9H2,(H,29,31);1H2/t21-;/m0./s1. The van der Waals surface area contributed by atoms with Gasteiger partial charge in [-0.15, -0.1) is 0 Å². The van der Waals surface area contributed by atoms with Gasteiger partial charge in [-0.1, -0.05) is 23.7 Å². The van der Waals surface area contributed by atoms with Gasteiger partial charge in [0.2, 0.25) is 5.91 Å². The molecule has 0 saturated heterocycles. The molecule has 0 fully saturated rings. The summed E-state index contributed by atoms with van der Waals surface area (Å²) in [4.78, 5) is 40.0. The summed E-state index contributed by atoms with van der Waals surface area (Å²) in [7, 11) is 0. The molecule has 0 radical (unpaired) electrons. The summed E-state index contributed by atoms with van der Waals surface area (Å²) in [5.74, 6) is -3.88. The molecule has 1 heterocycles. The monoisotopic (exact) mass is 499 g/mol. The molecule has 0 aliphatic carbocycles. The fourth-order valence-electron chi connectivity index (χ4n) is 3.66. The normalized spacial score (nSPS) is 13.1. The van der Waals surface area contributed by atoms with Crippen LogP contribution in [-0.2, 0) is 11.2 Å². The van der Waals surface area contributed by atoms with E-state index in [9.17, 15) is 23.2 Å². The molecule has 172 valence electrons. The van der Waals surface area contributed by atoms with E-state index in [4.69, 9.17) is 16.9 Å². The van der Waals surface area contributed by atoms with Gasteiger partial charge in [-0.3, -0.25) is 19.3 Å². The quantitative estimate of drug-likeness (QED) is 0.525. The average molecular weight is 500 g/mol. The van der Waals surface area contributed by atoms with Crippen molar-refractivity contribution in [2.24, 2.45) is 0 Å². The first kappa shape index (κ1) is 24.9. The molecule has 3 aromatic rings. The van der Waals surface area contributed by atoms with E-state index >= 15 is 0 Å². The maximum Gasteiger partial charge on any atom is 0.262 e. The Hall–Kier alpha value is -3.74. The van der Waals surface area contributed by atoms with E-state index in [0.717, 1.165) is 17.0 Å². The summed E-state index contributed by atoms with van der Waals surface area (Å²) < 4.78 is 27.5. The predicted molar refractivity (Wildman–Crippen MR) is 126 cm³/mol. The van der Waals surface area contributed by atoms with Crippen molar-refractivity contribution in [3.05, 3.63) is 99.6 Å². The molecule has 1 aliphatic heterocycles. The Labute approximate surface area is 205 Å². The number of carbonyl (C=O) groups is 3. The van der Waals surface area contributed by atoms with Crippen LogP contribution < -0.4 is 5.32 Å². The second-order valence-electron chi connectivity index (χ2n) is 7.32. The van der Waals surface area contributed by atoms with Crippen LogP contribution in [0, 0.1) is 23.0 Å². The molecule has 0 aromatic heterocycles. The number of imide groups is 1. The molecule has 4 rings (SSSR count). The van der Waals surface area contributed by atoms with Crippen LogP contribution in [0.25, 0.3) is 0 Å². The Bertz CT molecular complexity index is 1300. The van der Waals surface area contributed by atoms with Crippen molar-refractivity contribution in [2.75, 3.05) is 5.32 Å². The van der Waals surface area contributed by atoms with Crippen LogP contribution in [-0.4, -0.2) is 28.7 Å². The van der Waals surface area contributed by atoms with E-state index in [2.05, 4.69) is 5.32 Å². The highest BCUT2D eigenvalue weighted by Gasteiger charge is 2.42. The number of anilines is 1. The molecule has 6 nitrogen and oxygen atoms in total. The Morgan fingerprint density at radius 1 is 1.00 bits per heavy atom. The molecule has 3 amide bonds. The fourth-order valence-corrected chi connectivity index (χ4v) is 3.82. The zero-order valence-corrected chi connectivity index (χ0v) is 19.1. The SMILES string of the molecule is N#Cc1cc(NC(=O)[C@H](Cc2cc(F)cc(F)c2)N2C(=O)c3ccccc3C2=O)ccc1Cl.S. The first-order valence-corrected chi connectivity index (χ1v) is 10.1. The molecule has 0 saturated carbocycles. The lowest BCUT2D eigenvalue weighted by Gasteiger charge is -2.25. The number of halogens is 3. The lowest BCUT2D eigenvalue weighted by molar-refractivity contribution is -0.119. The van der Waals surface area contributed by atoms with Crippen molar-refractivity contribution in [2.45, 2.75) is 12.5 Å². The smallest absolute Gasteiger partial charge is 0.262 e. The van der Waals surface area contributed by atoms with E-state index < -0.39 is 35.4 Å². The lowest BCUT2D eigenvalue weighted by atomic mass is 10.0. The highest BCUT2D eigenvalue weighted by atomic mass is 35.5. The van der Waals surface area contributed by atoms with Crippen molar-refractivity contribution in [3.8, 4) is 6.07 Å². The third-order valence-electron chi connectivity index (χ3n) is 5.15. The van der Waals surface area contributed by atoms with Crippen LogP contribution >= 0.6 is 25.1 Å². The molecule has 1 aliphatic rings. The van der Waals surface area contributed by atoms with Crippen molar-refractivity contribution >= 4 is 48.5 Å². The first-order valence-electron chi connectivity index (χ1n) is 9.71. The minimum Gasteiger partial charge on any atom is -0.324 e. The van der Waals surface area contributed by atoms with Crippen LogP contribution in [0.2, 0.25) is 5.02 Å². The first-order chi connectivity index (χ1) is 15.8. The van der Waals surface area contributed by atoms with Crippen LogP contribution in [0.15, 0.2) is 60.7 Å². The number of benzene rings is 3. The van der Waals surface area contributed by atoms with Gasteiger partial charge in [-0.2, -0.15) is 18.8 Å². The van der Waals surface area contributed by atoms with Crippen LogP contribution in [0.1, 0.15) is 31.8 Å². The summed E-state index contributed by atoms with van der Waals surface area (Å²) in [6.45, 7) is 0. The average Bonchev–Trinajstić information content (AvgIpc) is 3.03. The zero-order valence-electron chi connectivity index (χ0n) is 17.3. The number of nitriles is 1. The summed E-state index contributed by atoms with van der Waals surface area (Å²) >= 11 is 5.92. The van der Waals surface area contributed by atoms with Crippen LogP contribution in [0.4, 0.5) is 14.5 Å². The summed E-state index contributed by atoms with van der Waals surface area (Å²) in [5, 5.41) is 11.9. The van der Waals surface area contributed by atoms with Gasteiger partial charge in [-0.25, -0.2) is 8.78 Å². The second kappa shape index (κ2) is 10.0. The highest BCUT2D eigenvalue weighted by molar-refractivity contribution is 7.59. The molecule has 1 N–H and O–H groups in total. The van der Waals surface area contributed by atoms with Crippen LogP contribution in [0.5, 0.6) is 0 Å². The molecular weight excluding hydrogens is 484 g/mol. The van der Waals surface area contributed by atoms with Gasteiger partial charge in [0, 0.05) is 18.2 Å². The minimum absolute atomic E-state index is 0. The number of nitrogens with zero attached hydrogens (tertiary/aromatic N) is 2. The molecule has 0 unspecified atom stereocenters. The van der Waals surface area contributed by atoms with Gasteiger partial charge in [-0.05, 0) is 48.0 Å². The van der Waals surface area contributed by atoms with Gasteiger partial charge in [0.1, 0.15) is 23.7 Å². The number of fused-ring (bicyclic) bond motifs is 1. The van der Waals surface area contributed by atoms with Crippen molar-refractivity contribution in [1.82, 2.24) is 4.90 Å². The number of carbonyl (C=O) groups excluding carboxylic acids is 3. The lowest BCUT2D eigenvalue weighted by Crippen LogP contribution is -2.48. The summed E-state index contributed by atoms with van der Waals surface area (Å²) in [6.07, 6.45) is -0.329. The number of hydrogen-bond donors (Lipinski definition) is 1. The zero-order chi connectivity index (χ0) is 23.7. The van der Waals surface area contributed by atoms with Gasteiger partial charge < -0.3 is 5.32 Å². The summed E-state index contributed by atoms with van der Waals surface area (Å²) in [6, 6.07) is 13.5. The predicted octanol–water partition coefficient (Wildman–Crippen LogP) is 4.45. The molecule has 0 bridgehead atoms. The topological polar surface area (TPSA) is 90.3 Å². The maximum atomic E-state index is 13.8. The van der Waals surface area contributed by atoms with Gasteiger partial charge in [0.25, 0.3) is 11.8 Å². The van der Waals surface area contributed by atoms with E-state index in [1.54, 1.807) is 12.1 Å². The third-order valence-corrected chi connectivity index (χ3v) is 5.48. The third kappa shape index (κ3) is 4.78. The van der Waals surface area contributed by atoms with Gasteiger partial charge in [0.05, 0.1) is 21.7 Å². The largest absolute Gasteiger partial charge is 0.324 e. The number of nitrogens with one attached hydrogen (secondary N) is 1. The van der Waals surface area contributed by atoms with E-state index in [1.165, 1.54) is 30.3 Å². The molecule has 34 heavy (non-hydrogen) atoms. The molecule has 1 atom stereocenters. The van der Waals surface area contributed by atoms with Crippen molar-refractivity contribution in [3.63, 3.8) is 0 Å². The van der Waals surface area contributed by atoms with E-state index in [-0.39, 0.29) is 52.9 Å². The fraction of sp³-hybridized carbons (Fsp3) is 0.0833. The molecule has 3 aromatic carbocycles. The molecule has 10 heteroatoms. The Balaban J connectivity index is 0.00000324. The van der Waals surface area contributed by atoms with Crippen molar-refractivity contribution < 1.29 is 23.2 Å². The second-order valence-corrected chi connectivity index (χ2v) is 7.73. The van der Waals surface area contributed by atoms with E-state index in [0.29, 0.717) is 6.07 Å². The number of amides is 3. The van der Waals surface area contributed by atoms with E-state index in [1.807, 2.05) is 6.07 Å². The summed E-state index contributed by atoms with van der Waals surface area (Å²) in [5.41, 5.74) is 0.651. The van der Waals surface area contributed by atoms with Crippen LogP contribution in [0.3, 0.4) is 0 Å². The van der Waals surface area contributed by atoms with Crippen molar-refractivity contribution in [1.29, 1.82) is 5.26 Å². The Morgan fingerprint density at radius 2 is 1.59 bits per heavy atom. The maximum absolute atomic E-state index is 13.8. The molecule has 0 spiro atoms. The number of rotatable bonds is 5. The Kier molecular flexibility index (Phi) is 7.35. The minimum atomic E-state index is -1.42. The molecular formula is C24H16ClF2N3O3S. The highest BCUT2D eigenvalue weighted by Crippen LogP contribution is 2.27. The number of hydrogen-bond acceptors (Lipinski definition) is 4. The Morgan fingerprint density at radius 3 is 2.15 bits per heavy atom. The van der Waals surface area contributed by atoms with Gasteiger partial charge >= 0.3 is 0 Å².